The Balaban J connectivity index is 1.74. The zero-order valence-electron chi connectivity index (χ0n) is 10.7. The molecule has 2 aromatic heterocycles. The number of thiophene rings is 1. The quantitative estimate of drug-likeness (QED) is 0.764. The maximum absolute atomic E-state index is 6.20. The van der Waals surface area contributed by atoms with Crippen LogP contribution in [0.4, 0.5) is 0 Å². The number of rotatable bonds is 4. The first-order valence-electron chi connectivity index (χ1n) is 6.31. The van der Waals surface area contributed by atoms with E-state index >= 15 is 0 Å². The zero-order valence-corrected chi connectivity index (χ0v) is 12.3. The van der Waals surface area contributed by atoms with Gasteiger partial charge in [-0.2, -0.15) is 0 Å². The molecule has 0 aliphatic rings. The van der Waals surface area contributed by atoms with Crippen molar-refractivity contribution >= 4 is 22.9 Å². The van der Waals surface area contributed by atoms with Crippen molar-refractivity contribution in [2.45, 2.75) is 12.5 Å². The second kappa shape index (κ2) is 5.79. The summed E-state index contributed by atoms with van der Waals surface area (Å²) >= 11 is 7.46. The Morgan fingerprint density at radius 2 is 2.10 bits per heavy atom. The molecular weight excluding hydrogens is 290 g/mol. The van der Waals surface area contributed by atoms with Crippen LogP contribution in [0.25, 0.3) is 11.3 Å². The number of nitrogens with two attached hydrogens (primary N) is 1. The third-order valence-corrected chi connectivity index (χ3v) is 4.24. The summed E-state index contributed by atoms with van der Waals surface area (Å²) in [5, 5.41) is 2.01. The van der Waals surface area contributed by atoms with Crippen LogP contribution in [0.15, 0.2) is 48.0 Å². The highest BCUT2D eigenvalue weighted by molar-refractivity contribution is 7.14. The molecule has 3 rings (SSSR count). The maximum atomic E-state index is 6.20. The van der Waals surface area contributed by atoms with E-state index < -0.39 is 0 Å². The topological polar surface area (TPSA) is 54.7 Å². The van der Waals surface area contributed by atoms with E-state index in [2.05, 4.69) is 9.97 Å². The van der Waals surface area contributed by atoms with Crippen LogP contribution >= 0.6 is 22.9 Å². The molecule has 1 unspecified atom stereocenters. The first-order valence-corrected chi connectivity index (χ1v) is 7.57. The molecule has 20 heavy (non-hydrogen) atoms. The summed E-state index contributed by atoms with van der Waals surface area (Å²) in [6.45, 7) is 0. The fraction of sp³-hybridized carbons (Fsp3) is 0.133. The molecule has 102 valence electrons. The highest BCUT2D eigenvalue weighted by Crippen LogP contribution is 2.27. The number of aromatic amines is 1. The first-order chi connectivity index (χ1) is 9.72. The molecule has 1 atom stereocenters. The van der Waals surface area contributed by atoms with Gasteiger partial charge in [0.2, 0.25) is 0 Å². The molecule has 3 nitrogen and oxygen atoms in total. The van der Waals surface area contributed by atoms with Crippen molar-refractivity contribution in [3.8, 4) is 11.3 Å². The number of nitrogens with one attached hydrogen (secondary N) is 1. The molecule has 0 radical (unpaired) electrons. The predicted molar refractivity (Wildman–Crippen MR) is 84.0 cm³/mol. The number of halogens is 1. The number of aromatic nitrogens is 2. The van der Waals surface area contributed by atoms with Crippen LogP contribution in [0.3, 0.4) is 0 Å². The van der Waals surface area contributed by atoms with Gasteiger partial charge < -0.3 is 10.7 Å². The smallest absolute Gasteiger partial charge is 0.108 e. The van der Waals surface area contributed by atoms with Crippen molar-refractivity contribution in [1.29, 1.82) is 0 Å². The van der Waals surface area contributed by atoms with Gasteiger partial charge in [-0.05, 0) is 11.6 Å². The Labute approximate surface area is 126 Å². The van der Waals surface area contributed by atoms with Crippen molar-refractivity contribution < 1.29 is 0 Å². The van der Waals surface area contributed by atoms with Gasteiger partial charge in [-0.15, -0.1) is 11.3 Å². The van der Waals surface area contributed by atoms with Gasteiger partial charge in [0.15, 0.2) is 0 Å². The molecule has 0 fully saturated rings. The summed E-state index contributed by atoms with van der Waals surface area (Å²) in [5.74, 6) is 0.888. The van der Waals surface area contributed by atoms with E-state index in [1.54, 1.807) is 0 Å². The maximum Gasteiger partial charge on any atom is 0.108 e. The van der Waals surface area contributed by atoms with Crippen LogP contribution < -0.4 is 5.73 Å². The van der Waals surface area contributed by atoms with Gasteiger partial charge in [0.05, 0.1) is 16.2 Å². The van der Waals surface area contributed by atoms with E-state index in [1.807, 2.05) is 48.0 Å². The molecule has 0 amide bonds. The highest BCUT2D eigenvalue weighted by Gasteiger charge is 2.10. The van der Waals surface area contributed by atoms with E-state index in [4.69, 9.17) is 17.3 Å². The van der Waals surface area contributed by atoms with Crippen molar-refractivity contribution in [2.24, 2.45) is 5.73 Å². The van der Waals surface area contributed by atoms with E-state index in [1.165, 1.54) is 11.3 Å². The summed E-state index contributed by atoms with van der Waals surface area (Å²) in [7, 11) is 0. The monoisotopic (exact) mass is 303 g/mol. The average molecular weight is 304 g/mol. The van der Waals surface area contributed by atoms with Gasteiger partial charge in [0.25, 0.3) is 0 Å². The molecule has 1 aromatic carbocycles. The molecule has 0 saturated carbocycles. The fourth-order valence-corrected chi connectivity index (χ4v) is 2.97. The first kappa shape index (κ1) is 13.4. The summed E-state index contributed by atoms with van der Waals surface area (Å²) in [6, 6.07) is 11.9. The number of nitrogens with zero attached hydrogens (tertiary/aromatic N) is 1. The molecular formula is C15H14ClN3S. The summed E-state index contributed by atoms with van der Waals surface area (Å²) in [4.78, 5) is 7.69. The van der Waals surface area contributed by atoms with Gasteiger partial charge in [-0.3, -0.25) is 0 Å². The van der Waals surface area contributed by atoms with E-state index in [0.717, 1.165) is 27.0 Å². The lowest BCUT2D eigenvalue weighted by Gasteiger charge is -2.09. The van der Waals surface area contributed by atoms with Gasteiger partial charge in [-0.25, -0.2) is 4.98 Å². The van der Waals surface area contributed by atoms with Gasteiger partial charge in [0.1, 0.15) is 5.82 Å². The van der Waals surface area contributed by atoms with E-state index in [9.17, 15) is 0 Å². The van der Waals surface area contributed by atoms with Crippen LogP contribution in [0.1, 0.15) is 17.4 Å². The van der Waals surface area contributed by atoms with Gasteiger partial charge in [0, 0.05) is 23.4 Å². The van der Waals surface area contributed by atoms with Gasteiger partial charge in [-0.1, -0.05) is 41.9 Å². The third-order valence-electron chi connectivity index (χ3n) is 3.15. The normalized spacial score (nSPS) is 12.5. The Morgan fingerprint density at radius 1 is 1.30 bits per heavy atom. The van der Waals surface area contributed by atoms with Crippen molar-refractivity contribution in [3.63, 3.8) is 0 Å². The number of imidazole rings is 1. The molecule has 3 aromatic rings. The summed E-state index contributed by atoms with van der Waals surface area (Å²) in [5.41, 5.74) is 9.35. The van der Waals surface area contributed by atoms with Crippen LogP contribution in [-0.2, 0) is 6.42 Å². The predicted octanol–water partition coefficient (Wildman–Crippen LogP) is 4.03. The molecule has 0 aliphatic heterocycles. The zero-order chi connectivity index (χ0) is 13.9. The van der Waals surface area contributed by atoms with Gasteiger partial charge >= 0.3 is 0 Å². The Morgan fingerprint density at radius 3 is 2.80 bits per heavy atom. The van der Waals surface area contributed by atoms with Crippen molar-refractivity contribution in [2.75, 3.05) is 0 Å². The highest BCUT2D eigenvalue weighted by atomic mass is 35.5. The number of hydrogen-bond donors (Lipinski definition) is 2. The second-order valence-corrected chi connectivity index (χ2v) is 6.15. The van der Waals surface area contributed by atoms with Crippen LogP contribution in [0, 0.1) is 0 Å². The summed E-state index contributed by atoms with van der Waals surface area (Å²) in [6.07, 6.45) is 2.51. The van der Waals surface area contributed by atoms with Crippen LogP contribution in [-0.4, -0.2) is 9.97 Å². The fourth-order valence-electron chi connectivity index (χ4n) is 2.09. The minimum absolute atomic E-state index is 0.0544. The Kier molecular flexibility index (Phi) is 3.87. The molecule has 2 heterocycles. The van der Waals surface area contributed by atoms with E-state index in [0.29, 0.717) is 6.42 Å². The molecule has 0 saturated heterocycles. The lowest BCUT2D eigenvalue weighted by Crippen LogP contribution is -2.13. The lowest BCUT2D eigenvalue weighted by atomic mass is 10.0. The summed E-state index contributed by atoms with van der Waals surface area (Å²) < 4.78 is 0.775. The standard InChI is InChI=1S/C15H14ClN3S/c16-14-6-11(9-20-14)13-8-18-15(19-13)7-12(17)10-4-2-1-3-5-10/h1-6,8-9,12H,7,17H2,(H,18,19). The molecule has 3 N–H and O–H groups in total. The lowest BCUT2D eigenvalue weighted by molar-refractivity contribution is 0.695. The Hall–Kier alpha value is -1.62. The number of H-pyrrole nitrogens is 1. The van der Waals surface area contributed by atoms with Crippen molar-refractivity contribution in [1.82, 2.24) is 9.97 Å². The molecule has 0 spiro atoms. The minimum atomic E-state index is -0.0544. The van der Waals surface area contributed by atoms with Crippen molar-refractivity contribution in [3.05, 3.63) is 63.7 Å². The Bertz CT molecular complexity index is 690. The molecule has 0 bridgehead atoms. The number of hydrogen-bond acceptors (Lipinski definition) is 3. The molecule has 0 aliphatic carbocycles. The average Bonchev–Trinajstić information content (AvgIpc) is 3.09. The van der Waals surface area contributed by atoms with Crippen LogP contribution in [0.2, 0.25) is 4.34 Å². The third kappa shape index (κ3) is 2.93. The number of benzene rings is 1. The SMILES string of the molecule is NC(Cc1ncc(-c2csc(Cl)c2)[nH]1)c1ccccc1. The largest absolute Gasteiger partial charge is 0.342 e. The molecule has 5 heteroatoms. The minimum Gasteiger partial charge on any atom is -0.342 e. The van der Waals surface area contributed by atoms with Crippen LogP contribution in [0.5, 0.6) is 0 Å². The van der Waals surface area contributed by atoms with E-state index in [-0.39, 0.29) is 6.04 Å². The second-order valence-electron chi connectivity index (χ2n) is 4.60.